The van der Waals surface area contributed by atoms with Crippen molar-refractivity contribution in [2.75, 3.05) is 0 Å². The van der Waals surface area contributed by atoms with Gasteiger partial charge in [-0.2, -0.15) is 0 Å². The lowest BCUT2D eigenvalue weighted by molar-refractivity contribution is -0.385. The van der Waals surface area contributed by atoms with E-state index in [1.165, 1.54) is 12.1 Å². The largest absolute Gasteiger partial charge is 0.508 e. The van der Waals surface area contributed by atoms with E-state index in [1.807, 2.05) is 0 Å². The van der Waals surface area contributed by atoms with Gasteiger partial charge in [-0.3, -0.25) is 10.1 Å². The highest BCUT2D eigenvalue weighted by atomic mass is 16.6. The molecule has 0 heterocycles. The van der Waals surface area contributed by atoms with Crippen molar-refractivity contribution < 1.29 is 14.8 Å². The summed E-state index contributed by atoms with van der Waals surface area (Å²) in [5.41, 5.74) is 0.0740. The Labute approximate surface area is 73.8 Å². The zero-order chi connectivity index (χ0) is 9.84. The molecule has 0 bridgehead atoms. The first-order chi connectivity index (χ1) is 6.15. The summed E-state index contributed by atoms with van der Waals surface area (Å²) >= 11 is 0. The van der Waals surface area contributed by atoms with Gasteiger partial charge in [0.15, 0.2) is 0 Å². The standard InChI is InChI=1S/C8H7NO4/c10-4-3-6-1-2-7(11)5-8(6)9(12)13/h1-2,4-5,11H,3H2. The number of nitro groups is 1. The van der Waals surface area contributed by atoms with E-state index in [9.17, 15) is 14.9 Å². The smallest absolute Gasteiger partial charge is 0.276 e. The fourth-order valence-electron chi connectivity index (χ4n) is 0.985. The number of phenols is 1. The molecular formula is C8H7NO4. The number of aromatic hydroxyl groups is 1. The second-order valence-corrected chi connectivity index (χ2v) is 2.44. The van der Waals surface area contributed by atoms with Crippen LogP contribution >= 0.6 is 0 Å². The van der Waals surface area contributed by atoms with Crippen molar-refractivity contribution in [2.45, 2.75) is 6.42 Å². The fraction of sp³-hybridized carbons (Fsp3) is 0.125. The second-order valence-electron chi connectivity index (χ2n) is 2.44. The highest BCUT2D eigenvalue weighted by Gasteiger charge is 2.13. The number of carbonyl (C=O) groups is 1. The van der Waals surface area contributed by atoms with Gasteiger partial charge in [0.05, 0.1) is 11.0 Å². The van der Waals surface area contributed by atoms with Crippen LogP contribution in [0.4, 0.5) is 5.69 Å². The molecule has 0 aliphatic heterocycles. The molecule has 0 saturated carbocycles. The number of nitro benzene ring substituents is 1. The molecule has 0 radical (unpaired) electrons. The van der Waals surface area contributed by atoms with Gasteiger partial charge in [-0.1, -0.05) is 0 Å². The van der Waals surface area contributed by atoms with Crippen molar-refractivity contribution in [3.8, 4) is 5.75 Å². The summed E-state index contributed by atoms with van der Waals surface area (Å²) in [4.78, 5) is 19.9. The predicted molar refractivity (Wildman–Crippen MR) is 44.5 cm³/mol. The second kappa shape index (κ2) is 3.66. The van der Waals surface area contributed by atoms with Crippen LogP contribution in [-0.4, -0.2) is 16.3 Å². The monoisotopic (exact) mass is 181 g/mol. The molecule has 1 aromatic rings. The Morgan fingerprint density at radius 2 is 2.23 bits per heavy atom. The molecule has 0 aliphatic carbocycles. The first-order valence-electron chi connectivity index (χ1n) is 3.55. The number of nitrogens with zero attached hydrogens (tertiary/aromatic N) is 1. The number of hydrogen-bond acceptors (Lipinski definition) is 4. The maximum Gasteiger partial charge on any atom is 0.276 e. The van der Waals surface area contributed by atoms with Gasteiger partial charge in [-0.05, 0) is 12.1 Å². The average molecular weight is 181 g/mol. The Hall–Kier alpha value is -1.91. The van der Waals surface area contributed by atoms with E-state index in [-0.39, 0.29) is 17.9 Å². The minimum absolute atomic E-state index is 0.0173. The predicted octanol–water partition coefficient (Wildman–Crippen LogP) is 1.04. The zero-order valence-corrected chi connectivity index (χ0v) is 6.64. The quantitative estimate of drug-likeness (QED) is 0.429. The third kappa shape index (κ3) is 2.02. The van der Waals surface area contributed by atoms with Gasteiger partial charge < -0.3 is 9.90 Å². The van der Waals surface area contributed by atoms with Gasteiger partial charge in [0.2, 0.25) is 0 Å². The van der Waals surface area contributed by atoms with Crippen LogP contribution in [-0.2, 0) is 11.2 Å². The third-order valence-electron chi connectivity index (χ3n) is 1.57. The summed E-state index contributed by atoms with van der Waals surface area (Å²) in [6.45, 7) is 0. The molecule has 0 amide bonds. The van der Waals surface area contributed by atoms with Crippen LogP contribution in [0.1, 0.15) is 5.56 Å². The summed E-state index contributed by atoms with van der Waals surface area (Å²) in [5, 5.41) is 19.4. The Balaban J connectivity index is 3.17. The van der Waals surface area contributed by atoms with E-state index in [2.05, 4.69) is 0 Å². The lowest BCUT2D eigenvalue weighted by Crippen LogP contribution is -1.95. The maximum atomic E-state index is 10.4. The minimum atomic E-state index is -0.626. The van der Waals surface area contributed by atoms with Crippen molar-refractivity contribution in [1.82, 2.24) is 0 Å². The number of carbonyl (C=O) groups excluding carboxylic acids is 1. The Morgan fingerprint density at radius 3 is 2.77 bits per heavy atom. The van der Waals surface area contributed by atoms with Gasteiger partial charge in [0.1, 0.15) is 12.0 Å². The Bertz CT molecular complexity index is 348. The van der Waals surface area contributed by atoms with Gasteiger partial charge in [-0.15, -0.1) is 0 Å². The molecule has 0 fully saturated rings. The molecule has 0 saturated heterocycles. The van der Waals surface area contributed by atoms with Gasteiger partial charge in [-0.25, -0.2) is 0 Å². The molecule has 1 N–H and O–H groups in total. The topological polar surface area (TPSA) is 80.4 Å². The van der Waals surface area contributed by atoms with Crippen molar-refractivity contribution in [3.63, 3.8) is 0 Å². The molecule has 5 nitrogen and oxygen atoms in total. The van der Waals surface area contributed by atoms with E-state index in [0.29, 0.717) is 11.8 Å². The van der Waals surface area contributed by atoms with Crippen molar-refractivity contribution >= 4 is 12.0 Å². The summed E-state index contributed by atoms with van der Waals surface area (Å²) < 4.78 is 0. The molecule has 13 heavy (non-hydrogen) atoms. The van der Waals surface area contributed by atoms with E-state index in [0.717, 1.165) is 6.07 Å². The summed E-state index contributed by atoms with van der Waals surface area (Å²) in [6, 6.07) is 3.70. The van der Waals surface area contributed by atoms with Crippen molar-refractivity contribution in [2.24, 2.45) is 0 Å². The van der Waals surface area contributed by atoms with Gasteiger partial charge in [0.25, 0.3) is 5.69 Å². The van der Waals surface area contributed by atoms with Crippen molar-refractivity contribution in [1.29, 1.82) is 0 Å². The maximum absolute atomic E-state index is 10.4. The van der Waals surface area contributed by atoms with Gasteiger partial charge in [0, 0.05) is 12.0 Å². The van der Waals surface area contributed by atoms with Crippen LogP contribution in [0, 0.1) is 10.1 Å². The lowest BCUT2D eigenvalue weighted by atomic mass is 10.1. The van der Waals surface area contributed by atoms with E-state index >= 15 is 0 Å². The Kier molecular flexibility index (Phi) is 2.59. The molecule has 0 aliphatic rings. The molecule has 0 spiro atoms. The lowest BCUT2D eigenvalue weighted by Gasteiger charge is -1.98. The number of aldehydes is 1. The van der Waals surface area contributed by atoms with E-state index < -0.39 is 4.92 Å². The molecular weight excluding hydrogens is 174 g/mol. The number of rotatable bonds is 3. The molecule has 0 aromatic heterocycles. The minimum Gasteiger partial charge on any atom is -0.508 e. The van der Waals surface area contributed by atoms with Crippen LogP contribution in [0.15, 0.2) is 18.2 Å². The summed E-state index contributed by atoms with van der Waals surface area (Å²) in [7, 11) is 0. The normalized spacial score (nSPS) is 9.54. The van der Waals surface area contributed by atoms with Crippen LogP contribution in [0.25, 0.3) is 0 Å². The van der Waals surface area contributed by atoms with Crippen LogP contribution in [0.3, 0.4) is 0 Å². The zero-order valence-electron chi connectivity index (χ0n) is 6.64. The first-order valence-corrected chi connectivity index (χ1v) is 3.55. The van der Waals surface area contributed by atoms with Gasteiger partial charge >= 0.3 is 0 Å². The highest BCUT2D eigenvalue weighted by Crippen LogP contribution is 2.23. The number of phenolic OH excluding ortho intramolecular Hbond substituents is 1. The van der Waals surface area contributed by atoms with Crippen LogP contribution < -0.4 is 0 Å². The molecule has 1 rings (SSSR count). The SMILES string of the molecule is O=CCc1ccc(O)cc1[N+](=O)[O-]. The van der Waals surface area contributed by atoms with Crippen LogP contribution in [0.2, 0.25) is 0 Å². The molecule has 0 atom stereocenters. The number of benzene rings is 1. The molecule has 1 aromatic carbocycles. The summed E-state index contributed by atoms with van der Waals surface area (Å²) in [5.74, 6) is -0.179. The molecule has 5 heteroatoms. The Morgan fingerprint density at radius 1 is 1.54 bits per heavy atom. The average Bonchev–Trinajstić information content (AvgIpc) is 2.08. The van der Waals surface area contributed by atoms with Crippen LogP contribution in [0.5, 0.6) is 5.75 Å². The van der Waals surface area contributed by atoms with E-state index in [4.69, 9.17) is 5.11 Å². The fourth-order valence-corrected chi connectivity index (χ4v) is 0.985. The first kappa shape index (κ1) is 9.18. The van der Waals surface area contributed by atoms with E-state index in [1.54, 1.807) is 0 Å². The summed E-state index contributed by atoms with van der Waals surface area (Å²) in [6.07, 6.45) is 0.565. The number of hydrogen-bond donors (Lipinski definition) is 1. The van der Waals surface area contributed by atoms with Crippen molar-refractivity contribution in [3.05, 3.63) is 33.9 Å². The molecule has 68 valence electrons. The highest BCUT2D eigenvalue weighted by molar-refractivity contribution is 5.60. The third-order valence-corrected chi connectivity index (χ3v) is 1.57. The molecule has 0 unspecified atom stereocenters.